The first-order valence-corrected chi connectivity index (χ1v) is 10.6. The topological polar surface area (TPSA) is 76.1 Å². The van der Waals surface area contributed by atoms with Gasteiger partial charge in [0.25, 0.3) is 5.91 Å². The van der Waals surface area contributed by atoms with Crippen molar-refractivity contribution in [3.05, 3.63) is 63.5 Å². The standard InChI is InChI=1S/C21H18ClNO5S2/c1-2-27-17-9-13(10-18-20(26)23(11-19(24)25)21(29)30-18)7-8-16(17)28-12-14-5-3-4-6-15(14)22/h3-10H,2,11-12H2,1H3,(H,24,25)/b18-10-. The number of hydrogen-bond donors (Lipinski definition) is 1. The van der Waals surface area contributed by atoms with E-state index in [4.69, 9.17) is 38.4 Å². The van der Waals surface area contributed by atoms with E-state index in [0.717, 1.165) is 22.2 Å². The summed E-state index contributed by atoms with van der Waals surface area (Å²) < 4.78 is 11.8. The Morgan fingerprint density at radius 2 is 2.00 bits per heavy atom. The van der Waals surface area contributed by atoms with Gasteiger partial charge in [-0.2, -0.15) is 0 Å². The maximum atomic E-state index is 12.4. The van der Waals surface area contributed by atoms with Gasteiger partial charge in [0, 0.05) is 10.6 Å². The molecule has 9 heteroatoms. The molecular formula is C21H18ClNO5S2. The number of thiocarbonyl (C=S) groups is 1. The molecule has 0 unspecified atom stereocenters. The van der Waals surface area contributed by atoms with Crippen LogP contribution >= 0.6 is 35.6 Å². The predicted octanol–water partition coefficient (Wildman–Crippen LogP) is 4.60. The number of carboxylic acid groups (broad SMARTS) is 1. The Morgan fingerprint density at radius 3 is 2.70 bits per heavy atom. The third-order valence-electron chi connectivity index (χ3n) is 4.07. The molecule has 0 bridgehead atoms. The Labute approximate surface area is 188 Å². The summed E-state index contributed by atoms with van der Waals surface area (Å²) in [6.07, 6.45) is 1.65. The van der Waals surface area contributed by atoms with Gasteiger partial charge >= 0.3 is 5.97 Å². The lowest BCUT2D eigenvalue weighted by molar-refractivity contribution is -0.140. The molecule has 1 saturated heterocycles. The van der Waals surface area contributed by atoms with E-state index >= 15 is 0 Å². The SMILES string of the molecule is CCOc1cc(/C=C2\SC(=S)N(CC(=O)O)C2=O)ccc1OCc1ccccc1Cl. The number of halogens is 1. The fourth-order valence-electron chi connectivity index (χ4n) is 2.70. The fourth-order valence-corrected chi connectivity index (χ4v) is 4.14. The molecule has 1 aliphatic rings. The molecule has 2 aromatic carbocycles. The van der Waals surface area contributed by atoms with E-state index < -0.39 is 18.4 Å². The number of rotatable bonds is 8. The molecule has 3 rings (SSSR count). The summed E-state index contributed by atoms with van der Waals surface area (Å²) in [6, 6.07) is 12.7. The van der Waals surface area contributed by atoms with Gasteiger partial charge in [-0.3, -0.25) is 14.5 Å². The number of ether oxygens (including phenoxy) is 2. The summed E-state index contributed by atoms with van der Waals surface area (Å²) in [4.78, 5) is 24.8. The molecule has 30 heavy (non-hydrogen) atoms. The lowest BCUT2D eigenvalue weighted by Crippen LogP contribution is -2.33. The van der Waals surface area contributed by atoms with Gasteiger partial charge in [0.15, 0.2) is 11.5 Å². The lowest BCUT2D eigenvalue weighted by Gasteiger charge is -2.13. The molecule has 0 saturated carbocycles. The van der Waals surface area contributed by atoms with Crippen LogP contribution in [0.1, 0.15) is 18.1 Å². The Balaban J connectivity index is 1.80. The number of amides is 1. The highest BCUT2D eigenvalue weighted by Crippen LogP contribution is 2.35. The van der Waals surface area contributed by atoms with Gasteiger partial charge in [0.1, 0.15) is 17.5 Å². The average molecular weight is 464 g/mol. The second-order valence-corrected chi connectivity index (χ2v) is 8.26. The van der Waals surface area contributed by atoms with E-state index in [9.17, 15) is 9.59 Å². The van der Waals surface area contributed by atoms with Crippen molar-refractivity contribution < 1.29 is 24.2 Å². The highest BCUT2D eigenvalue weighted by atomic mass is 35.5. The molecule has 1 aliphatic heterocycles. The fraction of sp³-hybridized carbons (Fsp3) is 0.190. The average Bonchev–Trinajstić information content (AvgIpc) is 2.96. The number of aliphatic carboxylic acids is 1. The van der Waals surface area contributed by atoms with Crippen LogP contribution in [0, 0.1) is 0 Å². The zero-order valence-corrected chi connectivity index (χ0v) is 18.4. The Bertz CT molecular complexity index is 1020. The van der Waals surface area contributed by atoms with Crippen molar-refractivity contribution in [2.75, 3.05) is 13.2 Å². The number of carbonyl (C=O) groups excluding carboxylic acids is 1. The van der Waals surface area contributed by atoms with Gasteiger partial charge in [-0.1, -0.05) is 59.8 Å². The maximum Gasteiger partial charge on any atom is 0.323 e. The maximum absolute atomic E-state index is 12.4. The zero-order chi connectivity index (χ0) is 21.7. The minimum Gasteiger partial charge on any atom is -0.490 e. The molecule has 1 fully saturated rings. The van der Waals surface area contributed by atoms with E-state index in [1.165, 1.54) is 0 Å². The van der Waals surface area contributed by atoms with Crippen LogP contribution in [0.25, 0.3) is 6.08 Å². The van der Waals surface area contributed by atoms with Crippen LogP contribution in [0.4, 0.5) is 0 Å². The van der Waals surface area contributed by atoms with E-state index in [-0.39, 0.29) is 10.9 Å². The van der Waals surface area contributed by atoms with E-state index in [1.807, 2.05) is 25.1 Å². The molecule has 0 aliphatic carbocycles. The van der Waals surface area contributed by atoms with Crippen molar-refractivity contribution in [1.82, 2.24) is 4.90 Å². The molecule has 156 valence electrons. The summed E-state index contributed by atoms with van der Waals surface area (Å²) in [7, 11) is 0. The van der Waals surface area contributed by atoms with E-state index in [0.29, 0.717) is 33.6 Å². The molecule has 0 aromatic heterocycles. The number of carboxylic acids is 1. The third-order valence-corrected chi connectivity index (χ3v) is 5.82. The number of thioether (sulfide) groups is 1. The van der Waals surface area contributed by atoms with Crippen molar-refractivity contribution >= 4 is 57.9 Å². The smallest absolute Gasteiger partial charge is 0.323 e. The number of hydrogen-bond acceptors (Lipinski definition) is 6. The Kier molecular flexibility index (Phi) is 7.36. The Hall–Kier alpha value is -2.55. The summed E-state index contributed by atoms with van der Waals surface area (Å²) in [5.41, 5.74) is 1.56. The highest BCUT2D eigenvalue weighted by molar-refractivity contribution is 8.26. The van der Waals surface area contributed by atoms with Crippen LogP contribution in [0.5, 0.6) is 11.5 Å². The van der Waals surface area contributed by atoms with Crippen LogP contribution < -0.4 is 9.47 Å². The lowest BCUT2D eigenvalue weighted by atomic mass is 10.1. The van der Waals surface area contributed by atoms with Crippen molar-refractivity contribution in [2.24, 2.45) is 0 Å². The molecule has 1 amide bonds. The van der Waals surface area contributed by atoms with Crippen LogP contribution in [-0.2, 0) is 16.2 Å². The molecule has 0 atom stereocenters. The molecule has 0 spiro atoms. The Morgan fingerprint density at radius 1 is 1.23 bits per heavy atom. The van der Waals surface area contributed by atoms with Crippen molar-refractivity contribution in [3.8, 4) is 11.5 Å². The van der Waals surface area contributed by atoms with Crippen molar-refractivity contribution in [2.45, 2.75) is 13.5 Å². The first kappa shape index (κ1) is 22.1. The van der Waals surface area contributed by atoms with Gasteiger partial charge in [0.05, 0.1) is 11.5 Å². The molecule has 1 N–H and O–H groups in total. The van der Waals surface area contributed by atoms with Crippen LogP contribution in [-0.4, -0.2) is 39.4 Å². The zero-order valence-electron chi connectivity index (χ0n) is 16.0. The number of benzene rings is 2. The second kappa shape index (κ2) is 9.97. The van der Waals surface area contributed by atoms with Crippen molar-refractivity contribution in [1.29, 1.82) is 0 Å². The van der Waals surface area contributed by atoms with Crippen LogP contribution in [0.2, 0.25) is 5.02 Å². The first-order valence-electron chi connectivity index (χ1n) is 8.99. The minimum atomic E-state index is -1.12. The minimum absolute atomic E-state index is 0.221. The van der Waals surface area contributed by atoms with Gasteiger partial charge in [0.2, 0.25) is 0 Å². The molecule has 6 nitrogen and oxygen atoms in total. The normalized spacial score (nSPS) is 15.0. The summed E-state index contributed by atoms with van der Waals surface area (Å²) in [6.45, 7) is 2.13. The highest BCUT2D eigenvalue weighted by Gasteiger charge is 2.33. The monoisotopic (exact) mass is 463 g/mol. The first-order chi connectivity index (χ1) is 14.4. The van der Waals surface area contributed by atoms with Gasteiger partial charge < -0.3 is 14.6 Å². The number of carbonyl (C=O) groups is 2. The summed E-state index contributed by atoms with van der Waals surface area (Å²) >= 11 is 12.4. The second-order valence-electron chi connectivity index (χ2n) is 6.18. The molecule has 2 aromatic rings. The third kappa shape index (κ3) is 5.33. The summed E-state index contributed by atoms with van der Waals surface area (Å²) in [5.74, 6) is -0.470. The van der Waals surface area contributed by atoms with Crippen LogP contribution in [0.3, 0.4) is 0 Å². The molecular weight excluding hydrogens is 446 g/mol. The quantitative estimate of drug-likeness (QED) is 0.452. The number of nitrogens with zero attached hydrogens (tertiary/aromatic N) is 1. The van der Waals surface area contributed by atoms with E-state index in [2.05, 4.69) is 0 Å². The van der Waals surface area contributed by atoms with Gasteiger partial charge in [-0.15, -0.1) is 0 Å². The molecule has 0 radical (unpaired) electrons. The van der Waals surface area contributed by atoms with Crippen molar-refractivity contribution in [3.63, 3.8) is 0 Å². The van der Waals surface area contributed by atoms with Gasteiger partial charge in [-0.25, -0.2) is 0 Å². The predicted molar refractivity (Wildman–Crippen MR) is 121 cm³/mol. The largest absolute Gasteiger partial charge is 0.490 e. The van der Waals surface area contributed by atoms with Gasteiger partial charge in [-0.05, 0) is 36.8 Å². The molecule has 1 heterocycles. The summed E-state index contributed by atoms with van der Waals surface area (Å²) in [5, 5.41) is 9.56. The van der Waals surface area contributed by atoms with Crippen LogP contribution in [0.15, 0.2) is 47.4 Å². The van der Waals surface area contributed by atoms with E-state index in [1.54, 1.807) is 30.3 Å².